The van der Waals surface area contributed by atoms with Crippen molar-refractivity contribution in [1.29, 1.82) is 0 Å². The summed E-state index contributed by atoms with van der Waals surface area (Å²) >= 11 is 0. The summed E-state index contributed by atoms with van der Waals surface area (Å²) in [5.41, 5.74) is 3.64. The largest absolute Gasteiger partial charge is 0.496 e. The van der Waals surface area contributed by atoms with Crippen molar-refractivity contribution < 1.29 is 14.3 Å². The lowest BCUT2D eigenvalue weighted by molar-refractivity contribution is -0.137. The maximum Gasteiger partial charge on any atom is 0.330 e. The third-order valence-electron chi connectivity index (χ3n) is 3.08. The lowest BCUT2D eigenvalue weighted by atomic mass is 10.0. The number of methoxy groups -OCH3 is 1. The zero-order valence-corrected chi connectivity index (χ0v) is 12.8. The fourth-order valence-corrected chi connectivity index (χ4v) is 2.24. The maximum atomic E-state index is 11.5. The van der Waals surface area contributed by atoms with E-state index in [2.05, 4.69) is 4.98 Å². The third-order valence-corrected chi connectivity index (χ3v) is 3.08. The van der Waals surface area contributed by atoms with Gasteiger partial charge in [-0.05, 0) is 44.5 Å². The molecule has 4 nitrogen and oxygen atoms in total. The van der Waals surface area contributed by atoms with E-state index in [4.69, 9.17) is 9.47 Å². The fourth-order valence-electron chi connectivity index (χ4n) is 2.24. The van der Waals surface area contributed by atoms with Crippen LogP contribution in [0.1, 0.15) is 23.7 Å². The van der Waals surface area contributed by atoms with Crippen molar-refractivity contribution in [3.63, 3.8) is 0 Å². The third kappa shape index (κ3) is 3.40. The molecule has 110 valence electrons. The molecule has 0 saturated heterocycles. The van der Waals surface area contributed by atoms with E-state index >= 15 is 0 Å². The Morgan fingerprint density at radius 2 is 2.05 bits per heavy atom. The first kappa shape index (κ1) is 15.0. The molecule has 2 aromatic rings. The smallest absolute Gasteiger partial charge is 0.330 e. The van der Waals surface area contributed by atoms with Gasteiger partial charge < -0.3 is 9.47 Å². The number of carbonyl (C=O) groups excluding carboxylic acids is 1. The second-order valence-electron chi connectivity index (χ2n) is 4.80. The molecule has 1 aromatic carbocycles. The van der Waals surface area contributed by atoms with Gasteiger partial charge in [-0.1, -0.05) is 0 Å². The van der Waals surface area contributed by atoms with Crippen LogP contribution in [0.25, 0.3) is 17.0 Å². The summed E-state index contributed by atoms with van der Waals surface area (Å²) < 4.78 is 10.3. The summed E-state index contributed by atoms with van der Waals surface area (Å²) in [4.78, 5) is 16.0. The molecule has 0 unspecified atom stereocenters. The number of pyridine rings is 1. The molecule has 0 fully saturated rings. The molecule has 1 heterocycles. The predicted octanol–water partition coefficient (Wildman–Crippen LogP) is 3.44. The summed E-state index contributed by atoms with van der Waals surface area (Å²) in [6.45, 7) is 6.06. The van der Waals surface area contributed by atoms with Crippen molar-refractivity contribution in [3.05, 3.63) is 41.1 Å². The molecule has 2 rings (SSSR count). The van der Waals surface area contributed by atoms with E-state index in [1.54, 1.807) is 20.1 Å². The van der Waals surface area contributed by atoms with E-state index in [-0.39, 0.29) is 5.97 Å². The summed E-state index contributed by atoms with van der Waals surface area (Å²) in [5, 5.41) is 0.937. The Balaban J connectivity index is 2.57. The quantitative estimate of drug-likeness (QED) is 0.638. The van der Waals surface area contributed by atoms with Crippen molar-refractivity contribution >= 4 is 22.9 Å². The molecule has 21 heavy (non-hydrogen) atoms. The highest BCUT2D eigenvalue weighted by atomic mass is 16.5. The van der Waals surface area contributed by atoms with Crippen LogP contribution in [0.4, 0.5) is 0 Å². The van der Waals surface area contributed by atoms with E-state index in [0.717, 1.165) is 33.5 Å². The standard InChI is InChI=1S/C17H19NO3/c1-5-21-16(19)7-6-13-8-11(2)9-14-15(20-4)10-12(3)18-17(13)14/h6-10H,5H2,1-4H3/b7-6+. The molecule has 0 aliphatic carbocycles. The molecule has 1 aromatic heterocycles. The second kappa shape index (κ2) is 6.39. The Morgan fingerprint density at radius 1 is 1.29 bits per heavy atom. The van der Waals surface area contributed by atoms with Gasteiger partial charge in [0.15, 0.2) is 0 Å². The molecule has 0 amide bonds. The number of fused-ring (bicyclic) bond motifs is 1. The Hall–Kier alpha value is -2.36. The van der Waals surface area contributed by atoms with E-state index in [0.29, 0.717) is 6.61 Å². The monoisotopic (exact) mass is 285 g/mol. The fraction of sp³-hybridized carbons (Fsp3) is 0.294. The van der Waals surface area contributed by atoms with Crippen LogP contribution in [0.5, 0.6) is 5.75 Å². The van der Waals surface area contributed by atoms with Crippen LogP contribution in [-0.2, 0) is 9.53 Å². The van der Waals surface area contributed by atoms with E-state index in [1.807, 2.05) is 32.0 Å². The Labute approximate surface area is 124 Å². The lowest BCUT2D eigenvalue weighted by Gasteiger charge is -2.10. The predicted molar refractivity (Wildman–Crippen MR) is 83.4 cm³/mol. The summed E-state index contributed by atoms with van der Waals surface area (Å²) in [6.07, 6.45) is 3.16. The first-order valence-corrected chi connectivity index (χ1v) is 6.86. The minimum Gasteiger partial charge on any atom is -0.496 e. The molecule has 0 N–H and O–H groups in total. The molecule has 0 bridgehead atoms. The van der Waals surface area contributed by atoms with E-state index < -0.39 is 0 Å². The number of hydrogen-bond acceptors (Lipinski definition) is 4. The highest BCUT2D eigenvalue weighted by Gasteiger charge is 2.09. The van der Waals surface area contributed by atoms with Gasteiger partial charge >= 0.3 is 5.97 Å². The number of aromatic nitrogens is 1. The number of esters is 1. The number of ether oxygens (including phenoxy) is 2. The van der Waals surface area contributed by atoms with Crippen LogP contribution in [-0.4, -0.2) is 24.7 Å². The Kier molecular flexibility index (Phi) is 4.58. The number of rotatable bonds is 4. The average molecular weight is 285 g/mol. The first-order chi connectivity index (χ1) is 10.0. The van der Waals surface area contributed by atoms with Crippen molar-refractivity contribution in [2.45, 2.75) is 20.8 Å². The molecule has 0 aliphatic heterocycles. The minimum atomic E-state index is -0.355. The van der Waals surface area contributed by atoms with Gasteiger partial charge in [-0.15, -0.1) is 0 Å². The first-order valence-electron chi connectivity index (χ1n) is 6.86. The van der Waals surface area contributed by atoms with Crippen molar-refractivity contribution in [2.24, 2.45) is 0 Å². The van der Waals surface area contributed by atoms with Crippen molar-refractivity contribution in [1.82, 2.24) is 4.98 Å². The summed E-state index contributed by atoms with van der Waals surface area (Å²) in [7, 11) is 1.64. The Bertz CT molecular complexity index is 705. The molecule has 0 saturated carbocycles. The van der Waals surface area contributed by atoms with Gasteiger partial charge in [0.25, 0.3) is 0 Å². The van der Waals surface area contributed by atoms with Crippen molar-refractivity contribution in [3.8, 4) is 5.75 Å². The number of hydrogen-bond donors (Lipinski definition) is 0. The highest BCUT2D eigenvalue weighted by molar-refractivity contribution is 5.95. The zero-order chi connectivity index (χ0) is 15.4. The van der Waals surface area contributed by atoms with Gasteiger partial charge in [0, 0.05) is 28.8 Å². The number of aryl methyl sites for hydroxylation is 2. The van der Waals surface area contributed by atoms with E-state index in [9.17, 15) is 4.79 Å². The highest BCUT2D eigenvalue weighted by Crippen LogP contribution is 2.29. The van der Waals surface area contributed by atoms with Gasteiger partial charge in [0.1, 0.15) is 5.75 Å². The van der Waals surface area contributed by atoms with Crippen LogP contribution in [0.2, 0.25) is 0 Å². The summed E-state index contributed by atoms with van der Waals surface area (Å²) in [6, 6.07) is 5.92. The topological polar surface area (TPSA) is 48.4 Å². The zero-order valence-electron chi connectivity index (χ0n) is 12.8. The number of nitrogens with zero attached hydrogens (tertiary/aromatic N) is 1. The second-order valence-corrected chi connectivity index (χ2v) is 4.80. The van der Waals surface area contributed by atoms with Gasteiger partial charge in [-0.3, -0.25) is 4.98 Å². The van der Waals surface area contributed by atoms with Gasteiger partial charge in [-0.2, -0.15) is 0 Å². The van der Waals surface area contributed by atoms with Gasteiger partial charge in [-0.25, -0.2) is 4.79 Å². The van der Waals surface area contributed by atoms with Crippen molar-refractivity contribution in [2.75, 3.05) is 13.7 Å². The van der Waals surface area contributed by atoms with Crippen LogP contribution in [0.3, 0.4) is 0 Å². The van der Waals surface area contributed by atoms with Crippen LogP contribution < -0.4 is 4.74 Å². The molecular formula is C17H19NO3. The lowest BCUT2D eigenvalue weighted by Crippen LogP contribution is -1.99. The van der Waals surface area contributed by atoms with Crippen LogP contribution in [0.15, 0.2) is 24.3 Å². The van der Waals surface area contributed by atoms with Crippen LogP contribution >= 0.6 is 0 Å². The normalized spacial score (nSPS) is 11.0. The maximum absolute atomic E-state index is 11.5. The van der Waals surface area contributed by atoms with Crippen LogP contribution in [0, 0.1) is 13.8 Å². The SMILES string of the molecule is CCOC(=O)/C=C/c1cc(C)cc2c(OC)cc(C)nc12. The Morgan fingerprint density at radius 3 is 2.71 bits per heavy atom. The van der Waals surface area contributed by atoms with Gasteiger partial charge in [0.2, 0.25) is 0 Å². The number of benzene rings is 1. The van der Waals surface area contributed by atoms with Gasteiger partial charge in [0.05, 0.1) is 19.2 Å². The molecule has 4 heteroatoms. The average Bonchev–Trinajstić information content (AvgIpc) is 2.45. The number of carbonyl (C=O) groups is 1. The molecule has 0 spiro atoms. The van der Waals surface area contributed by atoms with E-state index in [1.165, 1.54) is 6.08 Å². The molecule has 0 atom stereocenters. The minimum absolute atomic E-state index is 0.355. The molecular weight excluding hydrogens is 266 g/mol. The molecule has 0 aliphatic rings. The molecule has 0 radical (unpaired) electrons. The summed E-state index contributed by atoms with van der Waals surface area (Å²) in [5.74, 6) is 0.429.